The van der Waals surface area contributed by atoms with Crippen LogP contribution in [0.1, 0.15) is 20.1 Å². The van der Waals surface area contributed by atoms with Crippen LogP contribution in [-0.4, -0.2) is 12.9 Å². The molecule has 0 saturated carbocycles. The predicted octanol–water partition coefficient (Wildman–Crippen LogP) is 2.88. The Morgan fingerprint density at radius 2 is 2.06 bits per heavy atom. The van der Waals surface area contributed by atoms with Crippen LogP contribution in [0.3, 0.4) is 0 Å². The standard InChI is InChI=1S/C13H13NO2S/c1-8-3-6-12(17-8)13(15)10-7-9(16-2)4-5-11(10)14/h3-7H,14H2,1-2H3. The molecule has 0 bridgehead atoms. The van der Waals surface area contributed by atoms with Crippen molar-refractivity contribution >= 4 is 22.8 Å². The van der Waals surface area contributed by atoms with Crippen molar-refractivity contribution in [1.29, 1.82) is 0 Å². The van der Waals surface area contributed by atoms with Gasteiger partial charge in [-0.05, 0) is 37.3 Å². The molecule has 0 amide bonds. The summed E-state index contributed by atoms with van der Waals surface area (Å²) in [7, 11) is 1.56. The van der Waals surface area contributed by atoms with Gasteiger partial charge in [0.05, 0.1) is 12.0 Å². The van der Waals surface area contributed by atoms with Gasteiger partial charge in [0.25, 0.3) is 0 Å². The molecule has 0 aliphatic heterocycles. The Kier molecular flexibility index (Phi) is 3.15. The van der Waals surface area contributed by atoms with E-state index in [0.29, 0.717) is 21.9 Å². The van der Waals surface area contributed by atoms with E-state index in [9.17, 15) is 4.79 Å². The summed E-state index contributed by atoms with van der Waals surface area (Å²) < 4.78 is 5.10. The van der Waals surface area contributed by atoms with Gasteiger partial charge in [-0.1, -0.05) is 0 Å². The van der Waals surface area contributed by atoms with Crippen molar-refractivity contribution in [2.24, 2.45) is 0 Å². The first-order chi connectivity index (χ1) is 8.11. The molecule has 17 heavy (non-hydrogen) atoms. The molecule has 2 N–H and O–H groups in total. The van der Waals surface area contributed by atoms with Gasteiger partial charge in [-0.3, -0.25) is 4.79 Å². The number of nitrogens with two attached hydrogens (primary N) is 1. The van der Waals surface area contributed by atoms with Crippen molar-refractivity contribution in [3.63, 3.8) is 0 Å². The molecule has 1 aromatic carbocycles. The second-order valence-corrected chi connectivity index (χ2v) is 4.98. The summed E-state index contributed by atoms with van der Waals surface area (Å²) in [5.41, 5.74) is 6.78. The zero-order valence-electron chi connectivity index (χ0n) is 9.69. The predicted molar refractivity (Wildman–Crippen MR) is 69.9 cm³/mol. The third kappa shape index (κ3) is 2.31. The molecule has 0 atom stereocenters. The minimum absolute atomic E-state index is 0.0560. The number of hydrogen-bond acceptors (Lipinski definition) is 4. The SMILES string of the molecule is COc1ccc(N)c(C(=O)c2ccc(C)s2)c1. The molecule has 3 nitrogen and oxygen atoms in total. The van der Waals surface area contributed by atoms with E-state index in [0.717, 1.165) is 4.88 Å². The largest absolute Gasteiger partial charge is 0.497 e. The number of methoxy groups -OCH3 is 1. The third-order valence-corrected chi connectivity index (χ3v) is 3.47. The van der Waals surface area contributed by atoms with Gasteiger partial charge in [-0.2, -0.15) is 0 Å². The van der Waals surface area contributed by atoms with Crippen LogP contribution in [0.25, 0.3) is 0 Å². The fourth-order valence-corrected chi connectivity index (χ4v) is 2.37. The summed E-state index contributed by atoms with van der Waals surface area (Å²) in [6, 6.07) is 8.85. The number of hydrogen-bond donors (Lipinski definition) is 1. The maximum atomic E-state index is 12.2. The van der Waals surface area contributed by atoms with Gasteiger partial charge in [0.2, 0.25) is 5.78 Å². The minimum Gasteiger partial charge on any atom is -0.497 e. The third-order valence-electron chi connectivity index (χ3n) is 2.47. The van der Waals surface area contributed by atoms with Crippen molar-refractivity contribution in [2.45, 2.75) is 6.92 Å². The Balaban J connectivity index is 2.43. The summed E-state index contributed by atoms with van der Waals surface area (Å²) in [5.74, 6) is 0.579. The molecular weight excluding hydrogens is 234 g/mol. The number of ether oxygens (including phenoxy) is 1. The molecule has 1 aromatic heterocycles. The van der Waals surface area contributed by atoms with Crippen LogP contribution in [0.2, 0.25) is 0 Å². The summed E-state index contributed by atoms with van der Waals surface area (Å²) >= 11 is 1.47. The van der Waals surface area contributed by atoms with E-state index in [2.05, 4.69) is 0 Å². The number of carbonyl (C=O) groups excluding carboxylic acids is 1. The number of benzene rings is 1. The van der Waals surface area contributed by atoms with Crippen molar-refractivity contribution in [3.05, 3.63) is 45.6 Å². The molecule has 0 fully saturated rings. The topological polar surface area (TPSA) is 52.3 Å². The molecule has 1 heterocycles. The maximum absolute atomic E-state index is 12.2. The molecule has 0 aliphatic rings. The Bertz CT molecular complexity index is 560. The van der Waals surface area contributed by atoms with Crippen LogP contribution >= 0.6 is 11.3 Å². The molecule has 0 aliphatic carbocycles. The lowest BCUT2D eigenvalue weighted by Crippen LogP contribution is -2.04. The lowest BCUT2D eigenvalue weighted by Gasteiger charge is -2.06. The normalized spacial score (nSPS) is 10.2. The zero-order valence-corrected chi connectivity index (χ0v) is 10.5. The smallest absolute Gasteiger partial charge is 0.205 e. The lowest BCUT2D eigenvalue weighted by atomic mass is 10.1. The van der Waals surface area contributed by atoms with Gasteiger partial charge >= 0.3 is 0 Å². The Labute approximate surface area is 104 Å². The van der Waals surface area contributed by atoms with E-state index in [1.165, 1.54) is 11.3 Å². The highest BCUT2D eigenvalue weighted by atomic mass is 32.1. The molecule has 88 valence electrons. The molecule has 0 saturated heterocycles. The first-order valence-electron chi connectivity index (χ1n) is 5.16. The van der Waals surface area contributed by atoms with Gasteiger partial charge in [-0.15, -0.1) is 11.3 Å². The number of rotatable bonds is 3. The van der Waals surface area contributed by atoms with E-state index >= 15 is 0 Å². The van der Waals surface area contributed by atoms with Crippen LogP contribution < -0.4 is 10.5 Å². The average Bonchev–Trinajstić information content (AvgIpc) is 2.76. The van der Waals surface area contributed by atoms with Crippen molar-refractivity contribution in [3.8, 4) is 5.75 Å². The van der Waals surface area contributed by atoms with E-state index in [1.54, 1.807) is 25.3 Å². The minimum atomic E-state index is -0.0560. The molecule has 0 unspecified atom stereocenters. The fraction of sp³-hybridized carbons (Fsp3) is 0.154. The van der Waals surface area contributed by atoms with Gasteiger partial charge in [0, 0.05) is 16.1 Å². The number of carbonyl (C=O) groups is 1. The van der Waals surface area contributed by atoms with Crippen LogP contribution in [0.4, 0.5) is 5.69 Å². The van der Waals surface area contributed by atoms with Crippen LogP contribution in [-0.2, 0) is 0 Å². The lowest BCUT2D eigenvalue weighted by molar-refractivity contribution is 0.104. The number of ketones is 1. The second kappa shape index (κ2) is 4.59. The summed E-state index contributed by atoms with van der Waals surface area (Å²) in [6.45, 7) is 1.97. The molecule has 4 heteroatoms. The summed E-state index contributed by atoms with van der Waals surface area (Å²) in [4.78, 5) is 14.0. The monoisotopic (exact) mass is 247 g/mol. The quantitative estimate of drug-likeness (QED) is 0.670. The van der Waals surface area contributed by atoms with Crippen LogP contribution in [0.5, 0.6) is 5.75 Å². The van der Waals surface area contributed by atoms with Crippen molar-refractivity contribution in [1.82, 2.24) is 0 Å². The highest BCUT2D eigenvalue weighted by Crippen LogP contribution is 2.25. The molecule has 2 rings (SSSR count). The number of thiophene rings is 1. The number of aryl methyl sites for hydroxylation is 1. The highest BCUT2D eigenvalue weighted by molar-refractivity contribution is 7.14. The molecule has 0 radical (unpaired) electrons. The van der Waals surface area contributed by atoms with Crippen molar-refractivity contribution < 1.29 is 9.53 Å². The summed E-state index contributed by atoms with van der Waals surface area (Å²) in [5, 5.41) is 0. The second-order valence-electron chi connectivity index (χ2n) is 3.69. The fourth-order valence-electron chi connectivity index (χ4n) is 1.55. The Hall–Kier alpha value is -1.81. The maximum Gasteiger partial charge on any atom is 0.205 e. The van der Waals surface area contributed by atoms with Crippen molar-refractivity contribution in [2.75, 3.05) is 12.8 Å². The first kappa shape index (κ1) is 11.7. The zero-order chi connectivity index (χ0) is 12.4. The molecule has 0 spiro atoms. The van der Waals surface area contributed by atoms with Gasteiger partial charge in [-0.25, -0.2) is 0 Å². The van der Waals surface area contributed by atoms with E-state index in [4.69, 9.17) is 10.5 Å². The van der Waals surface area contributed by atoms with Crippen LogP contribution in [0.15, 0.2) is 30.3 Å². The summed E-state index contributed by atoms with van der Waals surface area (Å²) in [6.07, 6.45) is 0. The number of anilines is 1. The first-order valence-corrected chi connectivity index (χ1v) is 5.98. The van der Waals surface area contributed by atoms with Gasteiger partial charge < -0.3 is 10.5 Å². The number of nitrogen functional groups attached to an aromatic ring is 1. The highest BCUT2D eigenvalue weighted by Gasteiger charge is 2.14. The Morgan fingerprint density at radius 3 is 2.65 bits per heavy atom. The molecule has 2 aromatic rings. The van der Waals surface area contributed by atoms with Gasteiger partial charge in [0.1, 0.15) is 5.75 Å². The Morgan fingerprint density at radius 1 is 1.29 bits per heavy atom. The van der Waals surface area contributed by atoms with E-state index in [1.807, 2.05) is 19.1 Å². The van der Waals surface area contributed by atoms with E-state index in [-0.39, 0.29) is 5.78 Å². The van der Waals surface area contributed by atoms with Crippen LogP contribution in [0, 0.1) is 6.92 Å². The average molecular weight is 247 g/mol. The molecular formula is C13H13NO2S. The van der Waals surface area contributed by atoms with Gasteiger partial charge in [0.15, 0.2) is 0 Å². The van der Waals surface area contributed by atoms with E-state index < -0.39 is 0 Å².